The number of hydrogen-bond donors (Lipinski definition) is 0. The summed E-state index contributed by atoms with van der Waals surface area (Å²) in [4.78, 5) is 9.18. The summed E-state index contributed by atoms with van der Waals surface area (Å²) < 4.78 is 44.0. The highest BCUT2D eigenvalue weighted by molar-refractivity contribution is 7.89. The zero-order valence-corrected chi connectivity index (χ0v) is 10.6. The molecule has 2 rings (SSSR count). The predicted molar refractivity (Wildman–Crippen MR) is 62.6 cm³/mol. The number of rotatable bonds is 3. The van der Waals surface area contributed by atoms with E-state index in [9.17, 15) is 22.9 Å². The molecule has 104 valence electrons. The highest BCUT2D eigenvalue weighted by Gasteiger charge is 2.34. The number of ether oxygens (including phenoxy) is 1. The number of nitro benzene ring substituents is 1. The molecule has 1 aliphatic heterocycles. The fourth-order valence-corrected chi connectivity index (χ4v) is 3.38. The van der Waals surface area contributed by atoms with Gasteiger partial charge in [0.05, 0.1) is 18.1 Å². The van der Waals surface area contributed by atoms with Gasteiger partial charge in [0.2, 0.25) is 15.8 Å². The molecule has 1 aromatic carbocycles. The van der Waals surface area contributed by atoms with E-state index in [1.54, 1.807) is 0 Å². The van der Waals surface area contributed by atoms with E-state index in [0.29, 0.717) is 0 Å². The van der Waals surface area contributed by atoms with Gasteiger partial charge < -0.3 is 4.74 Å². The standard InChI is InChI=1S/C10H11FN2O5S/c11-8-2-1-3-9(10(8)13(14)15)19(16,17)12-4-6-18-7-5-12/h1-3H,4-7H2. The van der Waals surface area contributed by atoms with E-state index in [4.69, 9.17) is 4.74 Å². The number of benzene rings is 1. The van der Waals surface area contributed by atoms with E-state index < -0.39 is 31.3 Å². The second-order valence-corrected chi connectivity index (χ2v) is 5.77. The first kappa shape index (κ1) is 13.8. The molecule has 1 heterocycles. The summed E-state index contributed by atoms with van der Waals surface area (Å²) in [5.41, 5.74) is -1.02. The Morgan fingerprint density at radius 3 is 2.53 bits per heavy atom. The predicted octanol–water partition coefficient (Wildman–Crippen LogP) is 0.755. The second-order valence-electron chi connectivity index (χ2n) is 3.86. The van der Waals surface area contributed by atoms with Gasteiger partial charge in [0.15, 0.2) is 4.90 Å². The van der Waals surface area contributed by atoms with Gasteiger partial charge in [-0.2, -0.15) is 8.70 Å². The summed E-state index contributed by atoms with van der Waals surface area (Å²) in [5.74, 6) is -1.17. The lowest BCUT2D eigenvalue weighted by Crippen LogP contribution is -2.40. The molecule has 0 aliphatic carbocycles. The van der Waals surface area contributed by atoms with Crippen LogP contribution in [-0.2, 0) is 14.8 Å². The van der Waals surface area contributed by atoms with Gasteiger partial charge in [0.25, 0.3) is 0 Å². The summed E-state index contributed by atoms with van der Waals surface area (Å²) in [6, 6.07) is 3.03. The Hall–Kier alpha value is -1.58. The van der Waals surface area contributed by atoms with Crippen molar-refractivity contribution in [2.75, 3.05) is 26.3 Å². The molecule has 0 spiro atoms. The molecule has 7 nitrogen and oxygen atoms in total. The van der Waals surface area contributed by atoms with Crippen molar-refractivity contribution >= 4 is 15.7 Å². The average molecular weight is 290 g/mol. The minimum atomic E-state index is -4.09. The number of nitrogens with zero attached hydrogens (tertiary/aromatic N) is 2. The van der Waals surface area contributed by atoms with Crippen molar-refractivity contribution < 1.29 is 22.5 Å². The molecule has 0 aromatic heterocycles. The third kappa shape index (κ3) is 2.57. The minimum absolute atomic E-state index is 0.0933. The molecule has 0 amide bonds. The average Bonchev–Trinajstić information content (AvgIpc) is 2.39. The number of hydrogen-bond acceptors (Lipinski definition) is 5. The fraction of sp³-hybridized carbons (Fsp3) is 0.400. The second kappa shape index (κ2) is 5.19. The van der Waals surface area contributed by atoms with Crippen molar-refractivity contribution in [2.24, 2.45) is 0 Å². The Kier molecular flexibility index (Phi) is 3.78. The van der Waals surface area contributed by atoms with Gasteiger partial charge in [0.1, 0.15) is 0 Å². The quantitative estimate of drug-likeness (QED) is 0.605. The third-order valence-electron chi connectivity index (χ3n) is 2.72. The lowest BCUT2D eigenvalue weighted by Gasteiger charge is -2.25. The van der Waals surface area contributed by atoms with Crippen LogP contribution in [0, 0.1) is 15.9 Å². The van der Waals surface area contributed by atoms with Crippen molar-refractivity contribution in [3.63, 3.8) is 0 Å². The summed E-state index contributed by atoms with van der Waals surface area (Å²) in [6.07, 6.45) is 0. The molecular formula is C10H11FN2O5S. The Balaban J connectivity index is 2.51. The molecule has 9 heteroatoms. The van der Waals surface area contributed by atoms with Crippen LogP contribution in [0.25, 0.3) is 0 Å². The highest BCUT2D eigenvalue weighted by atomic mass is 32.2. The molecule has 0 unspecified atom stereocenters. The topological polar surface area (TPSA) is 89.8 Å². The van der Waals surface area contributed by atoms with Crippen molar-refractivity contribution in [3.05, 3.63) is 34.1 Å². The molecule has 1 aliphatic rings. The molecule has 1 fully saturated rings. The highest BCUT2D eigenvalue weighted by Crippen LogP contribution is 2.29. The molecular weight excluding hydrogens is 279 g/mol. The van der Waals surface area contributed by atoms with E-state index in [-0.39, 0.29) is 26.3 Å². The first-order valence-corrected chi connectivity index (χ1v) is 6.89. The lowest BCUT2D eigenvalue weighted by atomic mass is 10.3. The Labute approximate surface area is 108 Å². The van der Waals surface area contributed by atoms with E-state index in [2.05, 4.69) is 0 Å². The van der Waals surface area contributed by atoms with Crippen LogP contribution in [0.4, 0.5) is 10.1 Å². The number of para-hydroxylation sites is 1. The molecule has 19 heavy (non-hydrogen) atoms. The number of sulfonamides is 1. The Morgan fingerprint density at radius 2 is 1.95 bits per heavy atom. The van der Waals surface area contributed by atoms with Gasteiger partial charge in [0, 0.05) is 13.1 Å². The summed E-state index contributed by atoms with van der Waals surface area (Å²) in [7, 11) is -4.09. The van der Waals surface area contributed by atoms with Crippen LogP contribution in [0.1, 0.15) is 0 Å². The van der Waals surface area contributed by atoms with Crippen LogP contribution in [0.5, 0.6) is 0 Å². The number of morpholine rings is 1. The van der Waals surface area contributed by atoms with Crippen LogP contribution >= 0.6 is 0 Å². The Morgan fingerprint density at radius 1 is 1.32 bits per heavy atom. The zero-order chi connectivity index (χ0) is 14.0. The molecule has 0 bridgehead atoms. The van der Waals surface area contributed by atoms with Crippen molar-refractivity contribution in [3.8, 4) is 0 Å². The third-order valence-corrected chi connectivity index (χ3v) is 4.65. The summed E-state index contributed by atoms with van der Waals surface area (Å²) in [5, 5.41) is 10.8. The van der Waals surface area contributed by atoms with E-state index >= 15 is 0 Å². The molecule has 0 atom stereocenters. The number of halogens is 1. The van der Waals surface area contributed by atoms with Crippen LogP contribution in [0.15, 0.2) is 23.1 Å². The van der Waals surface area contributed by atoms with E-state index in [0.717, 1.165) is 22.5 Å². The van der Waals surface area contributed by atoms with Crippen LogP contribution in [0.3, 0.4) is 0 Å². The van der Waals surface area contributed by atoms with E-state index in [1.165, 1.54) is 0 Å². The van der Waals surface area contributed by atoms with Gasteiger partial charge in [-0.15, -0.1) is 0 Å². The van der Waals surface area contributed by atoms with Gasteiger partial charge >= 0.3 is 5.69 Å². The maximum Gasteiger partial charge on any atom is 0.324 e. The number of nitro groups is 1. The Bertz CT molecular complexity index is 598. The van der Waals surface area contributed by atoms with Crippen molar-refractivity contribution in [2.45, 2.75) is 4.90 Å². The summed E-state index contributed by atoms with van der Waals surface area (Å²) in [6.45, 7) is 0.608. The largest absolute Gasteiger partial charge is 0.379 e. The smallest absolute Gasteiger partial charge is 0.324 e. The molecule has 0 N–H and O–H groups in total. The first-order valence-electron chi connectivity index (χ1n) is 5.45. The summed E-state index contributed by atoms with van der Waals surface area (Å²) >= 11 is 0. The van der Waals surface area contributed by atoms with Crippen LogP contribution in [0.2, 0.25) is 0 Å². The van der Waals surface area contributed by atoms with Gasteiger partial charge in [-0.1, -0.05) is 6.07 Å². The maximum atomic E-state index is 13.4. The van der Waals surface area contributed by atoms with Crippen LogP contribution < -0.4 is 0 Å². The first-order chi connectivity index (χ1) is 8.94. The normalized spacial score (nSPS) is 17.3. The maximum absolute atomic E-state index is 13.4. The van der Waals surface area contributed by atoms with Gasteiger partial charge in [-0.05, 0) is 12.1 Å². The fourth-order valence-electron chi connectivity index (χ4n) is 1.81. The SMILES string of the molecule is O=[N+]([O-])c1c(F)cccc1S(=O)(=O)N1CCOCC1. The van der Waals surface area contributed by atoms with Gasteiger partial charge in [-0.3, -0.25) is 10.1 Å². The zero-order valence-electron chi connectivity index (χ0n) is 9.78. The van der Waals surface area contributed by atoms with Gasteiger partial charge in [-0.25, -0.2) is 8.42 Å². The lowest BCUT2D eigenvalue weighted by molar-refractivity contribution is -0.390. The minimum Gasteiger partial charge on any atom is -0.379 e. The monoisotopic (exact) mass is 290 g/mol. The molecule has 0 saturated carbocycles. The van der Waals surface area contributed by atoms with Crippen molar-refractivity contribution in [1.82, 2.24) is 4.31 Å². The van der Waals surface area contributed by atoms with E-state index in [1.807, 2.05) is 0 Å². The molecule has 1 saturated heterocycles. The molecule has 1 aromatic rings. The van der Waals surface area contributed by atoms with Crippen LogP contribution in [-0.4, -0.2) is 43.9 Å². The van der Waals surface area contributed by atoms with Crippen molar-refractivity contribution in [1.29, 1.82) is 0 Å². The molecule has 0 radical (unpaired) electrons.